The van der Waals surface area contributed by atoms with Gasteiger partial charge < -0.3 is 28.5 Å². The molecule has 0 amide bonds. The maximum atomic E-state index is 13.7. The Morgan fingerprint density at radius 2 is 1.77 bits per heavy atom. The Morgan fingerprint density at radius 3 is 2.42 bits per heavy atom. The maximum Gasteiger partial charge on any atom is 0.345 e. The van der Waals surface area contributed by atoms with Crippen LogP contribution in [-0.4, -0.2) is 52.4 Å². The number of benzene rings is 1. The zero-order valence-electron chi connectivity index (χ0n) is 27.4. The van der Waals surface area contributed by atoms with Crippen LogP contribution in [0.15, 0.2) is 64.1 Å². The first-order valence-electron chi connectivity index (χ1n) is 15.9. The highest BCUT2D eigenvalue weighted by Crippen LogP contribution is 2.67. The van der Waals surface area contributed by atoms with Crippen molar-refractivity contribution in [1.82, 2.24) is 4.98 Å². The number of halogens is 1. The fourth-order valence-electron chi connectivity index (χ4n) is 8.62. The lowest BCUT2D eigenvalue weighted by Crippen LogP contribution is -2.71. The second-order valence-electron chi connectivity index (χ2n) is 13.7. The normalized spacial score (nSPS) is 32.0. The predicted octanol–water partition coefficient (Wildman–Crippen LogP) is 5.70. The molecule has 11 nitrogen and oxygen atoms in total. The Hall–Kier alpha value is -4.22. The molecule has 1 aliphatic heterocycles. The summed E-state index contributed by atoms with van der Waals surface area (Å²) >= 11 is 6.07. The van der Waals surface area contributed by atoms with Crippen molar-refractivity contribution in [1.29, 1.82) is 0 Å². The highest BCUT2D eigenvalue weighted by Gasteiger charge is 2.71. The molecule has 12 heteroatoms. The molecular weight excluding hydrogens is 642 g/mol. The highest BCUT2D eigenvalue weighted by atomic mass is 35.5. The first-order chi connectivity index (χ1) is 22.7. The van der Waals surface area contributed by atoms with Gasteiger partial charge in [-0.25, -0.2) is 9.59 Å². The van der Waals surface area contributed by atoms with Crippen LogP contribution in [0, 0.1) is 22.7 Å². The summed E-state index contributed by atoms with van der Waals surface area (Å²) in [5, 5.41) is 12.7. The molecule has 0 spiro atoms. The van der Waals surface area contributed by atoms with E-state index in [0.717, 1.165) is 0 Å². The number of rotatable bonds is 6. The number of hydrogen-bond donors (Lipinski definition) is 1. The van der Waals surface area contributed by atoms with Gasteiger partial charge in [-0.15, -0.1) is 0 Å². The predicted molar refractivity (Wildman–Crippen MR) is 172 cm³/mol. The lowest BCUT2D eigenvalue weighted by atomic mass is 9.42. The molecular formula is C36H38ClNO10. The van der Waals surface area contributed by atoms with Gasteiger partial charge in [0, 0.05) is 54.2 Å². The second kappa shape index (κ2) is 12.3. The third-order valence-electron chi connectivity index (χ3n) is 10.8. The van der Waals surface area contributed by atoms with Gasteiger partial charge in [0.2, 0.25) is 0 Å². The molecule has 0 bridgehead atoms. The van der Waals surface area contributed by atoms with Gasteiger partial charge in [-0.2, -0.15) is 0 Å². The van der Waals surface area contributed by atoms with Crippen molar-refractivity contribution >= 4 is 29.5 Å². The first kappa shape index (κ1) is 33.7. The molecule has 2 aromatic heterocycles. The Labute approximate surface area is 282 Å². The summed E-state index contributed by atoms with van der Waals surface area (Å²) in [5.41, 5.74) is -3.13. The van der Waals surface area contributed by atoms with Crippen molar-refractivity contribution in [3.8, 4) is 17.1 Å². The van der Waals surface area contributed by atoms with Crippen LogP contribution in [0.2, 0.25) is 5.02 Å². The third kappa shape index (κ3) is 5.66. The van der Waals surface area contributed by atoms with Crippen molar-refractivity contribution in [2.24, 2.45) is 22.7 Å². The largest absolute Gasteiger partial charge is 0.482 e. The number of aromatic nitrogens is 1. The van der Waals surface area contributed by atoms with E-state index in [1.165, 1.54) is 13.8 Å². The minimum absolute atomic E-state index is 0.0430. The van der Waals surface area contributed by atoms with E-state index in [0.29, 0.717) is 23.4 Å². The molecule has 1 aromatic carbocycles. The third-order valence-corrected chi connectivity index (χ3v) is 11.0. The van der Waals surface area contributed by atoms with Crippen LogP contribution >= 0.6 is 11.6 Å². The Kier molecular flexibility index (Phi) is 8.66. The van der Waals surface area contributed by atoms with Crippen LogP contribution < -0.4 is 10.4 Å². The van der Waals surface area contributed by atoms with E-state index >= 15 is 0 Å². The van der Waals surface area contributed by atoms with Gasteiger partial charge in [0.15, 0.2) is 0 Å². The zero-order chi connectivity index (χ0) is 34.6. The van der Waals surface area contributed by atoms with E-state index in [4.69, 9.17) is 35.0 Å². The second-order valence-corrected chi connectivity index (χ2v) is 14.2. The molecule has 254 valence electrons. The van der Waals surface area contributed by atoms with Gasteiger partial charge in [-0.1, -0.05) is 25.4 Å². The number of hydrogen-bond acceptors (Lipinski definition) is 11. The number of ether oxygens (including phenoxy) is 4. The zero-order valence-corrected chi connectivity index (χ0v) is 28.1. The minimum Gasteiger partial charge on any atom is -0.482 e. The Morgan fingerprint density at radius 1 is 1.04 bits per heavy atom. The number of carbonyl (C=O) groups is 3. The van der Waals surface area contributed by atoms with E-state index in [2.05, 4.69) is 4.98 Å². The van der Waals surface area contributed by atoms with Gasteiger partial charge in [-0.05, 0) is 73.9 Å². The molecule has 2 aliphatic carbocycles. The standard InChI is InChI=1S/C36H38ClNO10/c1-19(39)44-18-35(4)26-16-28(47-32(42)21-8-10-23(37)11-9-21)36(5)31(34(26,3)13-12-27(35)45-20(2)40)30(41)29-25(48-36)15-24(46-33(29)43)22-7-6-14-38-17-22/h6-11,14-15,17,26-28,30-31,41H,12-13,16,18H2,1-5H3/t26-,27+,28+,30+,31-,34+,35+,36-/m1/s1. The number of pyridine rings is 1. The van der Waals surface area contributed by atoms with Crippen molar-refractivity contribution in [3.05, 3.63) is 81.4 Å². The molecule has 3 aromatic rings. The quantitative estimate of drug-likeness (QED) is 0.252. The van der Waals surface area contributed by atoms with Gasteiger partial charge in [-0.3, -0.25) is 14.6 Å². The van der Waals surface area contributed by atoms with Crippen LogP contribution in [0.3, 0.4) is 0 Å². The number of nitrogens with zero attached hydrogens (tertiary/aromatic N) is 1. The maximum absolute atomic E-state index is 13.7. The van der Waals surface area contributed by atoms with E-state index in [9.17, 15) is 24.3 Å². The molecule has 0 saturated heterocycles. The van der Waals surface area contributed by atoms with Crippen LogP contribution in [0.1, 0.15) is 75.9 Å². The van der Waals surface area contributed by atoms with Crippen LogP contribution in [-0.2, 0) is 23.8 Å². The topological polar surface area (TPSA) is 151 Å². The number of aliphatic hydroxyl groups excluding tert-OH is 1. The molecule has 3 aliphatic rings. The SMILES string of the molecule is CC(=O)OC[C@@]1(C)[C@@H]2C[C@H](OC(=O)c3ccc(Cl)cc3)[C@@]3(C)Oc4cc(-c5cccnc5)oc(=O)c4[C@H](O)[C@@H]3[C@@]2(C)CC[C@@H]1OC(C)=O. The van der Waals surface area contributed by atoms with Crippen LogP contribution in [0.25, 0.3) is 11.3 Å². The van der Waals surface area contributed by atoms with Gasteiger partial charge >= 0.3 is 23.5 Å². The van der Waals surface area contributed by atoms with Gasteiger partial charge in [0.25, 0.3) is 0 Å². The monoisotopic (exact) mass is 679 g/mol. The van der Waals surface area contributed by atoms with Crippen molar-refractivity contribution in [3.63, 3.8) is 0 Å². The summed E-state index contributed by atoms with van der Waals surface area (Å²) in [6, 6.07) is 11.3. The van der Waals surface area contributed by atoms with E-state index in [1.54, 1.807) is 61.8 Å². The smallest absolute Gasteiger partial charge is 0.345 e. The van der Waals surface area contributed by atoms with Crippen molar-refractivity contribution < 1.29 is 42.9 Å². The molecule has 0 radical (unpaired) electrons. The summed E-state index contributed by atoms with van der Waals surface area (Å²) in [4.78, 5) is 55.8. The van der Waals surface area contributed by atoms with Gasteiger partial charge in [0.05, 0.1) is 11.7 Å². The molecule has 1 N–H and O–H groups in total. The molecule has 48 heavy (non-hydrogen) atoms. The number of carbonyl (C=O) groups excluding carboxylic acids is 3. The average molecular weight is 680 g/mol. The highest BCUT2D eigenvalue weighted by molar-refractivity contribution is 6.30. The van der Waals surface area contributed by atoms with Crippen LogP contribution in [0.5, 0.6) is 5.75 Å². The fraction of sp³-hybridized carbons (Fsp3) is 0.472. The Balaban J connectivity index is 1.50. The lowest BCUT2D eigenvalue weighted by Gasteiger charge is -2.66. The first-order valence-corrected chi connectivity index (χ1v) is 16.3. The van der Waals surface area contributed by atoms with Crippen LogP contribution in [0.4, 0.5) is 0 Å². The summed E-state index contributed by atoms with van der Waals surface area (Å²) in [5.74, 6) is -2.59. The summed E-state index contributed by atoms with van der Waals surface area (Å²) in [7, 11) is 0. The Bertz CT molecular complexity index is 1790. The molecule has 6 rings (SSSR count). The molecule has 2 saturated carbocycles. The minimum atomic E-state index is -1.40. The lowest BCUT2D eigenvalue weighted by molar-refractivity contribution is -0.266. The van der Waals surface area contributed by atoms with Crippen molar-refractivity contribution in [2.45, 2.75) is 77.8 Å². The van der Waals surface area contributed by atoms with E-state index < -0.39 is 70.1 Å². The summed E-state index contributed by atoms with van der Waals surface area (Å²) < 4.78 is 30.2. The molecule has 2 fully saturated rings. The fourth-order valence-corrected chi connectivity index (χ4v) is 8.75. The number of fused-ring (bicyclic) bond motifs is 4. The average Bonchev–Trinajstić information content (AvgIpc) is 3.02. The van der Waals surface area contributed by atoms with Crippen molar-refractivity contribution in [2.75, 3.05) is 6.61 Å². The summed E-state index contributed by atoms with van der Waals surface area (Å²) in [6.45, 7) is 8.19. The molecule has 8 atom stereocenters. The van der Waals surface area contributed by atoms with Gasteiger partial charge in [0.1, 0.15) is 41.5 Å². The number of aliphatic hydroxyl groups is 1. The molecule has 0 unspecified atom stereocenters. The number of esters is 3. The summed E-state index contributed by atoms with van der Waals surface area (Å²) in [6.07, 6.45) is 1.17. The van der Waals surface area contributed by atoms with E-state index in [-0.39, 0.29) is 35.7 Å². The molecule has 3 heterocycles. The van der Waals surface area contributed by atoms with E-state index in [1.807, 2.05) is 13.8 Å².